The van der Waals surface area contributed by atoms with Gasteiger partial charge in [-0.2, -0.15) is 0 Å². The lowest BCUT2D eigenvalue weighted by Gasteiger charge is -2.11. The number of rotatable bonds is 1. The highest BCUT2D eigenvalue weighted by Gasteiger charge is 2.13. The largest absolute Gasteiger partial charge is 0.508 e. The highest BCUT2D eigenvalue weighted by molar-refractivity contribution is 5.98. The maximum absolute atomic E-state index is 10.6. The summed E-state index contributed by atoms with van der Waals surface area (Å²) in [7, 11) is 0. The van der Waals surface area contributed by atoms with E-state index in [4.69, 9.17) is 0 Å². The molecule has 4 aromatic rings. The van der Waals surface area contributed by atoms with Gasteiger partial charge < -0.3 is 15.3 Å². The molecule has 0 aromatic heterocycles. The van der Waals surface area contributed by atoms with Crippen LogP contribution in [-0.4, -0.2) is 15.3 Å². The number of phenols is 3. The molecule has 0 spiro atoms. The average Bonchev–Trinajstić information content (AvgIpc) is 2.56. The van der Waals surface area contributed by atoms with E-state index < -0.39 is 0 Å². The van der Waals surface area contributed by atoms with Gasteiger partial charge in [0, 0.05) is 16.5 Å². The first-order valence-electron chi connectivity index (χ1n) is 7.30. The number of aromatic hydroxyl groups is 3. The Hall–Kier alpha value is -3.20. The zero-order chi connectivity index (χ0) is 16.0. The summed E-state index contributed by atoms with van der Waals surface area (Å²) in [5.74, 6) is 0.392. The summed E-state index contributed by atoms with van der Waals surface area (Å²) in [6, 6.07) is 19.6. The number of hydrogen-bond acceptors (Lipinski definition) is 3. The summed E-state index contributed by atoms with van der Waals surface area (Å²) in [5.41, 5.74) is 1.10. The van der Waals surface area contributed by atoms with Crippen molar-refractivity contribution in [3.63, 3.8) is 0 Å². The number of hydrogen-bond donors (Lipinski definition) is 3. The van der Waals surface area contributed by atoms with Gasteiger partial charge >= 0.3 is 0 Å². The molecule has 0 aliphatic heterocycles. The van der Waals surface area contributed by atoms with Gasteiger partial charge in [-0.1, -0.05) is 36.4 Å². The highest BCUT2D eigenvalue weighted by atomic mass is 16.3. The van der Waals surface area contributed by atoms with Gasteiger partial charge in [-0.25, -0.2) is 0 Å². The molecule has 112 valence electrons. The first kappa shape index (κ1) is 13.5. The fraction of sp³-hybridized carbons (Fsp3) is 0. The fourth-order valence-corrected chi connectivity index (χ4v) is 2.96. The Bertz CT molecular complexity index is 1050. The van der Waals surface area contributed by atoms with Gasteiger partial charge in [-0.15, -0.1) is 0 Å². The maximum Gasteiger partial charge on any atom is 0.131 e. The summed E-state index contributed by atoms with van der Waals surface area (Å²) >= 11 is 0. The van der Waals surface area contributed by atoms with Crippen molar-refractivity contribution in [2.75, 3.05) is 0 Å². The summed E-state index contributed by atoms with van der Waals surface area (Å²) < 4.78 is 0. The lowest BCUT2D eigenvalue weighted by Crippen LogP contribution is -1.84. The molecule has 0 radical (unpaired) electrons. The van der Waals surface area contributed by atoms with Gasteiger partial charge in [-0.3, -0.25) is 0 Å². The molecule has 0 aliphatic rings. The van der Waals surface area contributed by atoms with E-state index in [0.29, 0.717) is 11.1 Å². The number of benzene rings is 4. The minimum absolute atomic E-state index is 0.0915. The minimum atomic E-state index is 0.0915. The van der Waals surface area contributed by atoms with Crippen molar-refractivity contribution in [3.05, 3.63) is 66.7 Å². The summed E-state index contributed by atoms with van der Waals surface area (Å²) in [6.45, 7) is 0. The third kappa shape index (κ3) is 2.14. The smallest absolute Gasteiger partial charge is 0.131 e. The summed E-state index contributed by atoms with van der Waals surface area (Å²) in [6.07, 6.45) is 0. The molecule has 0 fully saturated rings. The van der Waals surface area contributed by atoms with Crippen LogP contribution in [0.25, 0.3) is 32.7 Å². The minimum Gasteiger partial charge on any atom is -0.508 e. The summed E-state index contributed by atoms with van der Waals surface area (Å²) in [5, 5.41) is 33.9. The van der Waals surface area contributed by atoms with E-state index >= 15 is 0 Å². The molecule has 0 aliphatic carbocycles. The van der Waals surface area contributed by atoms with Gasteiger partial charge in [0.15, 0.2) is 0 Å². The molecule has 0 bridgehead atoms. The molecular formula is C20H14O3. The Balaban J connectivity index is 2.02. The van der Waals surface area contributed by atoms with Crippen molar-refractivity contribution in [2.45, 2.75) is 0 Å². The molecule has 4 aromatic carbocycles. The van der Waals surface area contributed by atoms with Gasteiger partial charge in [-0.05, 0) is 46.5 Å². The van der Waals surface area contributed by atoms with E-state index in [1.165, 1.54) is 0 Å². The quantitative estimate of drug-likeness (QED) is 0.474. The summed E-state index contributed by atoms with van der Waals surface area (Å²) in [4.78, 5) is 0. The van der Waals surface area contributed by atoms with E-state index in [1.54, 1.807) is 36.4 Å². The van der Waals surface area contributed by atoms with E-state index in [-0.39, 0.29) is 17.2 Å². The van der Waals surface area contributed by atoms with Crippen molar-refractivity contribution in [1.29, 1.82) is 0 Å². The third-order valence-corrected chi connectivity index (χ3v) is 4.13. The molecule has 0 saturated carbocycles. The molecule has 0 saturated heterocycles. The molecule has 0 atom stereocenters. The van der Waals surface area contributed by atoms with E-state index in [0.717, 1.165) is 21.5 Å². The predicted octanol–water partition coefficient (Wildman–Crippen LogP) is 4.78. The van der Waals surface area contributed by atoms with Crippen LogP contribution in [0, 0.1) is 0 Å². The molecule has 23 heavy (non-hydrogen) atoms. The lowest BCUT2D eigenvalue weighted by atomic mass is 9.96. The number of fused-ring (bicyclic) bond motifs is 2. The molecular weight excluding hydrogens is 288 g/mol. The van der Waals surface area contributed by atoms with E-state index in [2.05, 4.69) is 0 Å². The molecule has 0 amide bonds. The lowest BCUT2D eigenvalue weighted by molar-refractivity contribution is 0.472. The monoisotopic (exact) mass is 302 g/mol. The van der Waals surface area contributed by atoms with Gasteiger partial charge in [0.05, 0.1) is 0 Å². The van der Waals surface area contributed by atoms with Crippen LogP contribution in [-0.2, 0) is 0 Å². The van der Waals surface area contributed by atoms with Gasteiger partial charge in [0.1, 0.15) is 17.2 Å². The van der Waals surface area contributed by atoms with E-state index in [9.17, 15) is 15.3 Å². The Labute approximate surface area is 132 Å². The fourth-order valence-electron chi connectivity index (χ4n) is 2.96. The Kier molecular flexibility index (Phi) is 2.88. The van der Waals surface area contributed by atoms with Crippen molar-refractivity contribution >= 4 is 21.5 Å². The van der Waals surface area contributed by atoms with Gasteiger partial charge in [0.2, 0.25) is 0 Å². The SMILES string of the molecule is Oc1ccc2cc(O)c(-c3ccc4ccccc4c3O)cc2c1. The van der Waals surface area contributed by atoms with Crippen LogP contribution in [0.5, 0.6) is 17.2 Å². The second-order valence-corrected chi connectivity index (χ2v) is 5.58. The van der Waals surface area contributed by atoms with Crippen LogP contribution in [0.1, 0.15) is 0 Å². The molecule has 4 rings (SSSR count). The third-order valence-electron chi connectivity index (χ3n) is 4.13. The maximum atomic E-state index is 10.6. The zero-order valence-electron chi connectivity index (χ0n) is 12.2. The Morgan fingerprint density at radius 3 is 2.22 bits per heavy atom. The first-order chi connectivity index (χ1) is 11.1. The molecule has 3 heteroatoms. The van der Waals surface area contributed by atoms with Crippen LogP contribution in [0.2, 0.25) is 0 Å². The molecule has 0 unspecified atom stereocenters. The van der Waals surface area contributed by atoms with Crippen LogP contribution in [0.15, 0.2) is 66.7 Å². The Morgan fingerprint density at radius 2 is 1.35 bits per heavy atom. The molecule has 3 nitrogen and oxygen atoms in total. The second kappa shape index (κ2) is 4.92. The normalized spacial score (nSPS) is 11.1. The average molecular weight is 302 g/mol. The first-order valence-corrected chi connectivity index (χ1v) is 7.30. The topological polar surface area (TPSA) is 60.7 Å². The second-order valence-electron chi connectivity index (χ2n) is 5.58. The van der Waals surface area contributed by atoms with Crippen LogP contribution in [0.3, 0.4) is 0 Å². The standard InChI is InChI=1S/C20H14O3/c21-15-7-5-13-11-19(22)18(10-14(13)9-15)17-8-6-12-3-1-2-4-16(12)20(17)23/h1-11,21-23H. The van der Waals surface area contributed by atoms with Crippen molar-refractivity contribution in [3.8, 4) is 28.4 Å². The van der Waals surface area contributed by atoms with Crippen molar-refractivity contribution in [1.82, 2.24) is 0 Å². The Morgan fingerprint density at radius 1 is 0.565 bits per heavy atom. The molecule has 0 heterocycles. The highest BCUT2D eigenvalue weighted by Crippen LogP contribution is 2.41. The zero-order valence-corrected chi connectivity index (χ0v) is 12.2. The molecule has 3 N–H and O–H groups in total. The number of phenolic OH excluding ortho intramolecular Hbond substituents is 3. The predicted molar refractivity (Wildman–Crippen MR) is 91.9 cm³/mol. The van der Waals surface area contributed by atoms with Gasteiger partial charge in [0.25, 0.3) is 0 Å². The van der Waals surface area contributed by atoms with Crippen molar-refractivity contribution in [2.24, 2.45) is 0 Å². The van der Waals surface area contributed by atoms with E-state index in [1.807, 2.05) is 30.3 Å². The van der Waals surface area contributed by atoms with Crippen LogP contribution < -0.4 is 0 Å². The van der Waals surface area contributed by atoms with Crippen molar-refractivity contribution < 1.29 is 15.3 Å². The van der Waals surface area contributed by atoms with Crippen LogP contribution in [0.4, 0.5) is 0 Å². The van der Waals surface area contributed by atoms with Crippen LogP contribution >= 0.6 is 0 Å².